The number of sulfone groups is 1. The fraction of sp³-hybridized carbons (Fsp3) is 0.667. The Morgan fingerprint density at radius 1 is 1.41 bits per heavy atom. The Morgan fingerprint density at radius 2 is 2.06 bits per heavy atom. The van der Waals surface area contributed by atoms with Gasteiger partial charge in [0.25, 0.3) is 0 Å². The molecule has 0 bridgehead atoms. The standard InChI is InChI=1S/C9H15N3O4S/c1-3-7-8(9(13)14)10-11-12(7)5-6-17(15,16)4-2/h3-6H2,1-2H3,(H,13,14). The molecule has 0 radical (unpaired) electrons. The number of carbonyl (C=O) groups is 1. The van der Waals surface area contributed by atoms with Crippen LogP contribution in [0.5, 0.6) is 0 Å². The van der Waals surface area contributed by atoms with Crippen LogP contribution in [0.2, 0.25) is 0 Å². The highest BCUT2D eigenvalue weighted by Gasteiger charge is 2.18. The first-order chi connectivity index (χ1) is 7.91. The monoisotopic (exact) mass is 261 g/mol. The van der Waals surface area contributed by atoms with Gasteiger partial charge in [0.05, 0.1) is 18.0 Å². The van der Waals surface area contributed by atoms with Gasteiger partial charge >= 0.3 is 5.97 Å². The maximum Gasteiger partial charge on any atom is 0.358 e. The third-order valence-electron chi connectivity index (χ3n) is 2.43. The van der Waals surface area contributed by atoms with Crippen molar-refractivity contribution in [3.05, 3.63) is 11.4 Å². The minimum absolute atomic E-state index is 0.0566. The highest BCUT2D eigenvalue weighted by Crippen LogP contribution is 2.07. The maximum atomic E-state index is 11.3. The zero-order chi connectivity index (χ0) is 13.1. The molecular formula is C9H15N3O4S. The summed E-state index contributed by atoms with van der Waals surface area (Å²) in [5.74, 6) is -1.14. The van der Waals surface area contributed by atoms with Gasteiger partial charge in [-0.25, -0.2) is 17.9 Å². The highest BCUT2D eigenvalue weighted by atomic mass is 32.2. The van der Waals surface area contributed by atoms with Crippen LogP contribution in [0.25, 0.3) is 0 Å². The van der Waals surface area contributed by atoms with E-state index >= 15 is 0 Å². The van der Waals surface area contributed by atoms with Crippen LogP contribution in [0, 0.1) is 0 Å². The van der Waals surface area contributed by atoms with E-state index < -0.39 is 15.8 Å². The Balaban J connectivity index is 2.89. The Hall–Kier alpha value is -1.44. The van der Waals surface area contributed by atoms with Crippen LogP contribution in [-0.2, 0) is 22.8 Å². The average Bonchev–Trinajstić information content (AvgIpc) is 2.69. The zero-order valence-electron chi connectivity index (χ0n) is 9.75. The molecule has 0 aliphatic heterocycles. The Morgan fingerprint density at radius 3 is 2.53 bits per heavy atom. The van der Waals surface area contributed by atoms with Gasteiger partial charge in [-0.15, -0.1) is 5.10 Å². The number of carboxylic acid groups (broad SMARTS) is 1. The minimum Gasteiger partial charge on any atom is -0.476 e. The number of carboxylic acids is 1. The number of nitrogens with zero attached hydrogens (tertiary/aromatic N) is 3. The summed E-state index contributed by atoms with van der Waals surface area (Å²) >= 11 is 0. The Bertz CT molecular complexity index is 506. The molecule has 0 unspecified atom stereocenters. The third-order valence-corrected chi connectivity index (χ3v) is 4.11. The first-order valence-corrected chi connectivity index (χ1v) is 7.09. The molecule has 1 aromatic rings. The summed E-state index contributed by atoms with van der Waals surface area (Å²) in [5.41, 5.74) is 0.338. The van der Waals surface area contributed by atoms with E-state index in [0.717, 1.165) is 0 Å². The van der Waals surface area contributed by atoms with Crippen LogP contribution >= 0.6 is 0 Å². The van der Waals surface area contributed by atoms with Crippen LogP contribution in [0.1, 0.15) is 30.0 Å². The number of rotatable bonds is 6. The van der Waals surface area contributed by atoms with E-state index in [1.807, 2.05) is 0 Å². The third kappa shape index (κ3) is 3.26. The van der Waals surface area contributed by atoms with E-state index in [0.29, 0.717) is 12.1 Å². The predicted octanol–water partition coefficient (Wildman–Crippen LogP) is -0.0266. The van der Waals surface area contributed by atoms with Crippen molar-refractivity contribution in [1.82, 2.24) is 15.0 Å². The van der Waals surface area contributed by atoms with Crippen molar-refractivity contribution in [2.75, 3.05) is 11.5 Å². The zero-order valence-corrected chi connectivity index (χ0v) is 10.6. The van der Waals surface area contributed by atoms with Crippen molar-refractivity contribution in [2.45, 2.75) is 26.8 Å². The van der Waals surface area contributed by atoms with Crippen molar-refractivity contribution in [1.29, 1.82) is 0 Å². The summed E-state index contributed by atoms with van der Waals surface area (Å²) in [6.45, 7) is 3.48. The first kappa shape index (κ1) is 13.6. The summed E-state index contributed by atoms with van der Waals surface area (Å²) in [5, 5.41) is 16.0. The van der Waals surface area contributed by atoms with E-state index in [2.05, 4.69) is 10.3 Å². The first-order valence-electron chi connectivity index (χ1n) is 5.27. The summed E-state index contributed by atoms with van der Waals surface area (Å²) < 4.78 is 24.0. The lowest BCUT2D eigenvalue weighted by molar-refractivity contribution is 0.0689. The van der Waals surface area contributed by atoms with E-state index in [1.54, 1.807) is 13.8 Å². The second-order valence-corrected chi connectivity index (χ2v) is 5.98. The maximum absolute atomic E-state index is 11.3. The van der Waals surface area contributed by atoms with Crippen molar-refractivity contribution in [3.63, 3.8) is 0 Å². The molecule has 0 saturated heterocycles. The summed E-state index contributed by atoms with van der Waals surface area (Å²) in [4.78, 5) is 10.8. The van der Waals surface area contributed by atoms with Crippen molar-refractivity contribution in [2.24, 2.45) is 0 Å². The fourth-order valence-corrected chi connectivity index (χ4v) is 2.14. The molecule has 0 atom stereocenters. The van der Waals surface area contributed by atoms with Gasteiger partial charge in [0, 0.05) is 5.75 Å². The minimum atomic E-state index is -3.09. The predicted molar refractivity (Wildman–Crippen MR) is 60.7 cm³/mol. The molecule has 0 saturated carbocycles. The van der Waals surface area contributed by atoms with E-state index in [-0.39, 0.29) is 23.7 Å². The summed E-state index contributed by atoms with van der Waals surface area (Å²) in [7, 11) is -3.09. The molecule has 0 aliphatic carbocycles. The van der Waals surface area contributed by atoms with Gasteiger partial charge in [0.2, 0.25) is 0 Å². The fourth-order valence-electron chi connectivity index (χ4n) is 1.40. The molecule has 1 aromatic heterocycles. The number of aromatic nitrogens is 3. The van der Waals surface area contributed by atoms with Gasteiger partial charge in [-0.1, -0.05) is 19.1 Å². The summed E-state index contributed by atoms with van der Waals surface area (Å²) in [6.07, 6.45) is 0.445. The van der Waals surface area contributed by atoms with Gasteiger partial charge in [-0.05, 0) is 6.42 Å². The largest absolute Gasteiger partial charge is 0.476 e. The smallest absolute Gasteiger partial charge is 0.358 e. The molecule has 0 amide bonds. The number of hydrogen-bond acceptors (Lipinski definition) is 5. The molecular weight excluding hydrogens is 246 g/mol. The van der Waals surface area contributed by atoms with Gasteiger partial charge in [-0.2, -0.15) is 0 Å². The number of aryl methyl sites for hydroxylation is 1. The van der Waals surface area contributed by atoms with Crippen LogP contribution in [0.4, 0.5) is 0 Å². The lowest BCUT2D eigenvalue weighted by Gasteiger charge is -2.04. The molecule has 1 rings (SSSR count). The number of aromatic carboxylic acids is 1. The Kier molecular flexibility index (Phi) is 4.22. The van der Waals surface area contributed by atoms with Crippen molar-refractivity contribution >= 4 is 15.8 Å². The molecule has 17 heavy (non-hydrogen) atoms. The van der Waals surface area contributed by atoms with Gasteiger partial charge in [-0.3, -0.25) is 0 Å². The molecule has 0 aromatic carbocycles. The molecule has 1 N–H and O–H groups in total. The van der Waals surface area contributed by atoms with Crippen molar-refractivity contribution < 1.29 is 18.3 Å². The van der Waals surface area contributed by atoms with Crippen molar-refractivity contribution in [3.8, 4) is 0 Å². The lowest BCUT2D eigenvalue weighted by atomic mass is 10.2. The quantitative estimate of drug-likeness (QED) is 0.771. The highest BCUT2D eigenvalue weighted by molar-refractivity contribution is 7.91. The molecule has 96 valence electrons. The topological polar surface area (TPSA) is 102 Å². The second kappa shape index (κ2) is 5.26. The van der Waals surface area contributed by atoms with Crippen LogP contribution in [0.15, 0.2) is 0 Å². The number of hydrogen-bond donors (Lipinski definition) is 1. The normalized spacial score (nSPS) is 11.6. The molecule has 0 fully saturated rings. The molecule has 0 aliphatic rings. The Labute approximate surface area is 99.4 Å². The second-order valence-electron chi connectivity index (χ2n) is 3.50. The van der Waals surface area contributed by atoms with Gasteiger partial charge < -0.3 is 5.11 Å². The van der Waals surface area contributed by atoms with Crippen LogP contribution in [-0.4, -0.2) is 46.0 Å². The average molecular weight is 261 g/mol. The van der Waals surface area contributed by atoms with Crippen LogP contribution in [0.3, 0.4) is 0 Å². The lowest BCUT2D eigenvalue weighted by Crippen LogP contribution is -2.17. The molecule has 0 spiro atoms. The molecule has 7 nitrogen and oxygen atoms in total. The van der Waals surface area contributed by atoms with E-state index in [1.165, 1.54) is 4.68 Å². The molecule has 8 heteroatoms. The molecule has 1 heterocycles. The van der Waals surface area contributed by atoms with Gasteiger partial charge in [0.1, 0.15) is 0 Å². The van der Waals surface area contributed by atoms with Crippen LogP contribution < -0.4 is 0 Å². The van der Waals surface area contributed by atoms with E-state index in [4.69, 9.17) is 5.11 Å². The van der Waals surface area contributed by atoms with Gasteiger partial charge in [0.15, 0.2) is 15.5 Å². The SMILES string of the molecule is CCc1c(C(=O)O)nnn1CCS(=O)(=O)CC. The summed E-state index contributed by atoms with van der Waals surface area (Å²) in [6, 6.07) is 0. The van der Waals surface area contributed by atoms with E-state index in [9.17, 15) is 13.2 Å².